The van der Waals surface area contributed by atoms with Crippen LogP contribution in [0.25, 0.3) is 0 Å². The molecule has 0 aliphatic carbocycles. The Morgan fingerprint density at radius 1 is 1.45 bits per heavy atom. The molecule has 4 nitrogen and oxygen atoms in total. The van der Waals surface area contributed by atoms with Gasteiger partial charge in [0.15, 0.2) is 0 Å². The molecule has 1 aliphatic rings. The number of carbonyl (C=O) groups is 1. The molecule has 0 saturated carbocycles. The Hall–Kier alpha value is -1.49. The molecule has 1 aromatic rings. The van der Waals surface area contributed by atoms with Crippen molar-refractivity contribution in [3.8, 4) is 0 Å². The second-order valence-corrected chi connectivity index (χ2v) is 6.22. The fraction of sp³-hybridized carbons (Fsp3) is 0.588. The summed E-state index contributed by atoms with van der Waals surface area (Å²) in [5.74, 6) is 0.0501. The molecule has 2 atom stereocenters. The summed E-state index contributed by atoms with van der Waals surface area (Å²) in [7, 11) is 5.56. The van der Waals surface area contributed by atoms with Gasteiger partial charge in [-0.15, -0.1) is 0 Å². The van der Waals surface area contributed by atoms with E-state index in [1.54, 1.807) is 4.90 Å². The smallest absolute Gasteiger partial charge is 0.410 e. The molecule has 5 heteroatoms. The molecule has 2 radical (unpaired) electrons. The molecule has 2 rings (SSSR count). The number of aliphatic hydroxyl groups is 1. The first-order chi connectivity index (χ1) is 10.5. The van der Waals surface area contributed by atoms with Crippen molar-refractivity contribution < 1.29 is 14.6 Å². The van der Waals surface area contributed by atoms with Crippen LogP contribution < -0.4 is 0 Å². The minimum absolute atomic E-state index is 0.0501. The van der Waals surface area contributed by atoms with Crippen molar-refractivity contribution in [2.24, 2.45) is 5.92 Å². The van der Waals surface area contributed by atoms with Crippen molar-refractivity contribution in [2.45, 2.75) is 44.7 Å². The van der Waals surface area contributed by atoms with E-state index in [0.717, 1.165) is 18.4 Å². The van der Waals surface area contributed by atoms with Gasteiger partial charge in [-0.25, -0.2) is 4.79 Å². The summed E-state index contributed by atoms with van der Waals surface area (Å²) >= 11 is 0. The molecule has 1 N–H and O–H groups in total. The predicted octanol–water partition coefficient (Wildman–Crippen LogP) is 2.76. The number of ether oxygens (including phenoxy) is 1. The van der Waals surface area contributed by atoms with Crippen LogP contribution >= 0.6 is 0 Å². The van der Waals surface area contributed by atoms with Crippen molar-refractivity contribution in [1.82, 2.24) is 4.90 Å². The average Bonchev–Trinajstić information content (AvgIpc) is 2.53. The maximum absolute atomic E-state index is 12.2. The molecule has 1 aromatic carbocycles. The SMILES string of the molecule is [B]CCC(C)(O)C1CCCN(C(=O)OCc2ccccc2)C1. The van der Waals surface area contributed by atoms with Crippen LogP contribution in [0.1, 0.15) is 31.7 Å². The lowest BCUT2D eigenvalue weighted by molar-refractivity contribution is -0.0347. The van der Waals surface area contributed by atoms with Gasteiger partial charge in [0.05, 0.1) is 13.4 Å². The highest BCUT2D eigenvalue weighted by Gasteiger charge is 2.36. The Labute approximate surface area is 133 Å². The lowest BCUT2D eigenvalue weighted by Crippen LogP contribution is -2.48. The van der Waals surface area contributed by atoms with Crippen LogP contribution in [0.4, 0.5) is 4.79 Å². The third kappa shape index (κ3) is 4.50. The topological polar surface area (TPSA) is 49.8 Å². The normalized spacial score (nSPS) is 21.2. The van der Waals surface area contributed by atoms with Crippen molar-refractivity contribution in [3.05, 3.63) is 35.9 Å². The van der Waals surface area contributed by atoms with Gasteiger partial charge in [-0.05, 0) is 31.7 Å². The van der Waals surface area contributed by atoms with E-state index in [4.69, 9.17) is 12.6 Å². The summed E-state index contributed by atoms with van der Waals surface area (Å²) in [6, 6.07) is 9.63. The number of hydrogen-bond donors (Lipinski definition) is 1. The highest BCUT2D eigenvalue weighted by Crippen LogP contribution is 2.30. The van der Waals surface area contributed by atoms with Gasteiger partial charge in [-0.1, -0.05) is 36.7 Å². The van der Waals surface area contributed by atoms with Gasteiger partial charge in [0.2, 0.25) is 0 Å². The monoisotopic (exact) mass is 301 g/mol. The largest absolute Gasteiger partial charge is 0.445 e. The van der Waals surface area contributed by atoms with E-state index >= 15 is 0 Å². The fourth-order valence-electron chi connectivity index (χ4n) is 2.96. The van der Waals surface area contributed by atoms with E-state index in [1.165, 1.54) is 0 Å². The molecule has 2 unspecified atom stereocenters. The molecular weight excluding hydrogens is 277 g/mol. The van der Waals surface area contributed by atoms with E-state index in [-0.39, 0.29) is 18.6 Å². The van der Waals surface area contributed by atoms with Gasteiger partial charge in [-0.2, -0.15) is 0 Å². The first-order valence-corrected chi connectivity index (χ1v) is 7.91. The Morgan fingerprint density at radius 2 is 2.18 bits per heavy atom. The van der Waals surface area contributed by atoms with Gasteiger partial charge < -0.3 is 14.7 Å². The Balaban J connectivity index is 1.87. The highest BCUT2D eigenvalue weighted by molar-refractivity contribution is 6.08. The lowest BCUT2D eigenvalue weighted by Gasteiger charge is -2.40. The zero-order valence-electron chi connectivity index (χ0n) is 13.2. The predicted molar refractivity (Wildman–Crippen MR) is 86.7 cm³/mol. The Kier molecular flexibility index (Phi) is 5.89. The summed E-state index contributed by atoms with van der Waals surface area (Å²) in [6.45, 7) is 3.30. The second kappa shape index (κ2) is 7.68. The van der Waals surface area contributed by atoms with E-state index in [2.05, 4.69) is 0 Å². The molecule has 1 fully saturated rings. The summed E-state index contributed by atoms with van der Waals surface area (Å²) in [5, 5.41) is 10.5. The van der Waals surface area contributed by atoms with Crippen molar-refractivity contribution in [2.75, 3.05) is 13.1 Å². The van der Waals surface area contributed by atoms with Gasteiger partial charge in [-0.3, -0.25) is 0 Å². The summed E-state index contributed by atoms with van der Waals surface area (Å²) in [4.78, 5) is 13.9. The molecule has 22 heavy (non-hydrogen) atoms. The quantitative estimate of drug-likeness (QED) is 0.851. The number of nitrogens with zero attached hydrogens (tertiary/aromatic N) is 1. The van der Waals surface area contributed by atoms with E-state index in [0.29, 0.717) is 25.8 Å². The highest BCUT2D eigenvalue weighted by atomic mass is 16.6. The number of rotatable bonds is 5. The second-order valence-electron chi connectivity index (χ2n) is 6.22. The minimum atomic E-state index is -0.826. The zero-order chi connectivity index (χ0) is 16.0. The van der Waals surface area contributed by atoms with E-state index < -0.39 is 5.60 Å². The molecule has 1 heterocycles. The molecule has 118 valence electrons. The van der Waals surface area contributed by atoms with Crippen LogP contribution in [-0.2, 0) is 11.3 Å². The molecule has 0 bridgehead atoms. The molecule has 0 spiro atoms. The summed E-state index contributed by atoms with van der Waals surface area (Å²) in [5.41, 5.74) is 0.146. The van der Waals surface area contributed by atoms with E-state index in [9.17, 15) is 9.90 Å². The fourth-order valence-corrected chi connectivity index (χ4v) is 2.96. The number of amides is 1. The van der Waals surface area contributed by atoms with Crippen LogP contribution in [0.5, 0.6) is 0 Å². The number of hydrogen-bond acceptors (Lipinski definition) is 3. The van der Waals surface area contributed by atoms with Crippen LogP contribution in [0.15, 0.2) is 30.3 Å². The number of likely N-dealkylation sites (tertiary alicyclic amines) is 1. The number of piperidine rings is 1. The summed E-state index contributed by atoms with van der Waals surface area (Å²) in [6.07, 6.45) is 2.48. The van der Waals surface area contributed by atoms with Crippen molar-refractivity contribution in [3.63, 3.8) is 0 Å². The van der Waals surface area contributed by atoms with Gasteiger partial charge in [0.25, 0.3) is 0 Å². The van der Waals surface area contributed by atoms with Crippen LogP contribution in [-0.4, -0.2) is 42.6 Å². The third-order valence-corrected chi connectivity index (χ3v) is 4.41. The first kappa shape index (κ1) is 16.9. The van der Waals surface area contributed by atoms with E-state index in [1.807, 2.05) is 37.3 Å². The summed E-state index contributed by atoms with van der Waals surface area (Å²) < 4.78 is 5.37. The number of benzene rings is 1. The average molecular weight is 301 g/mol. The molecule has 1 saturated heterocycles. The van der Waals surface area contributed by atoms with Gasteiger partial charge in [0.1, 0.15) is 6.61 Å². The van der Waals surface area contributed by atoms with Crippen molar-refractivity contribution >= 4 is 13.9 Å². The van der Waals surface area contributed by atoms with Crippen LogP contribution in [0.3, 0.4) is 0 Å². The molecule has 1 aliphatic heterocycles. The molecular formula is C17H24BNO3. The maximum Gasteiger partial charge on any atom is 0.410 e. The molecule has 1 amide bonds. The Bertz CT molecular complexity index is 478. The zero-order valence-corrected chi connectivity index (χ0v) is 13.2. The minimum Gasteiger partial charge on any atom is -0.445 e. The maximum atomic E-state index is 12.2. The van der Waals surface area contributed by atoms with Crippen LogP contribution in [0, 0.1) is 5.92 Å². The first-order valence-electron chi connectivity index (χ1n) is 7.91. The Morgan fingerprint density at radius 3 is 2.86 bits per heavy atom. The van der Waals surface area contributed by atoms with Gasteiger partial charge in [0, 0.05) is 19.0 Å². The number of carbonyl (C=O) groups excluding carboxylic acids is 1. The standard InChI is InChI=1S/C17H24BNO3/c1-17(21,9-10-18)15-8-5-11-19(12-15)16(20)22-13-14-6-3-2-4-7-14/h2-4,6-7,15,21H,5,8-13H2,1H3. The van der Waals surface area contributed by atoms with Crippen molar-refractivity contribution in [1.29, 1.82) is 0 Å². The van der Waals surface area contributed by atoms with Crippen LogP contribution in [0.2, 0.25) is 6.32 Å². The van der Waals surface area contributed by atoms with Gasteiger partial charge >= 0.3 is 6.09 Å². The molecule has 0 aromatic heterocycles. The third-order valence-electron chi connectivity index (χ3n) is 4.41. The lowest BCUT2D eigenvalue weighted by atomic mass is 9.77.